The number of pyridine rings is 1. The van der Waals surface area contributed by atoms with Gasteiger partial charge in [-0.05, 0) is 81.0 Å². The van der Waals surface area contributed by atoms with Crippen LogP contribution in [0, 0.1) is 0 Å². The van der Waals surface area contributed by atoms with Crippen molar-refractivity contribution in [2.45, 2.75) is 51.6 Å². The number of aromatic nitrogens is 1. The largest absolute Gasteiger partial charge is 0.490 e. The maximum Gasteiger partial charge on any atom is 0.234 e. The number of hydrogen-bond donors (Lipinski definition) is 1. The second kappa shape index (κ2) is 13.3. The van der Waals surface area contributed by atoms with E-state index in [9.17, 15) is 4.79 Å². The van der Waals surface area contributed by atoms with Gasteiger partial charge in [0.05, 0.1) is 13.2 Å². The van der Waals surface area contributed by atoms with Gasteiger partial charge in [0.2, 0.25) is 11.8 Å². The fraction of sp³-hybridized carbons (Fsp3) is 0.419. The number of amides is 1. The van der Waals surface area contributed by atoms with Gasteiger partial charge in [0, 0.05) is 43.6 Å². The number of piperidine rings is 1. The molecule has 38 heavy (non-hydrogen) atoms. The summed E-state index contributed by atoms with van der Waals surface area (Å²) in [7, 11) is 0. The zero-order valence-electron chi connectivity index (χ0n) is 22.1. The monoisotopic (exact) mass is 514 g/mol. The first-order valence-corrected chi connectivity index (χ1v) is 13.9. The average molecular weight is 515 g/mol. The van der Waals surface area contributed by atoms with Crippen LogP contribution in [-0.2, 0) is 17.9 Å². The molecule has 1 amide bonds. The summed E-state index contributed by atoms with van der Waals surface area (Å²) in [6.07, 6.45) is 8.52. The van der Waals surface area contributed by atoms with Crippen molar-refractivity contribution in [2.24, 2.45) is 0 Å². The van der Waals surface area contributed by atoms with E-state index in [1.54, 1.807) is 6.20 Å². The molecule has 1 N–H and O–H groups in total. The Balaban J connectivity index is 1.23. The molecule has 7 nitrogen and oxygen atoms in total. The van der Waals surface area contributed by atoms with Gasteiger partial charge < -0.3 is 19.7 Å². The fourth-order valence-corrected chi connectivity index (χ4v) is 5.12. The van der Waals surface area contributed by atoms with Crippen molar-refractivity contribution >= 4 is 11.6 Å². The molecule has 1 aromatic heterocycles. The lowest BCUT2D eigenvalue weighted by Crippen LogP contribution is -2.37. The summed E-state index contributed by atoms with van der Waals surface area (Å²) in [4.78, 5) is 22.2. The first-order valence-electron chi connectivity index (χ1n) is 13.9. The van der Waals surface area contributed by atoms with Crippen LogP contribution >= 0.6 is 0 Å². The third kappa shape index (κ3) is 7.25. The van der Waals surface area contributed by atoms with E-state index in [2.05, 4.69) is 44.4 Å². The lowest BCUT2D eigenvalue weighted by atomic mass is 10.1. The number of hydrogen-bond acceptors (Lipinski definition) is 6. The minimum absolute atomic E-state index is 0.0257. The van der Waals surface area contributed by atoms with Gasteiger partial charge in [-0.1, -0.05) is 30.3 Å². The molecule has 0 radical (unpaired) electrons. The predicted octanol–water partition coefficient (Wildman–Crippen LogP) is 5.55. The van der Waals surface area contributed by atoms with Crippen molar-refractivity contribution in [1.82, 2.24) is 15.2 Å². The van der Waals surface area contributed by atoms with Gasteiger partial charge in [-0.25, -0.2) is 4.98 Å². The van der Waals surface area contributed by atoms with Crippen molar-refractivity contribution in [3.63, 3.8) is 0 Å². The van der Waals surface area contributed by atoms with E-state index < -0.39 is 0 Å². The smallest absolute Gasteiger partial charge is 0.234 e. The van der Waals surface area contributed by atoms with Crippen LogP contribution in [0.1, 0.15) is 49.7 Å². The molecule has 7 heteroatoms. The van der Waals surface area contributed by atoms with Crippen molar-refractivity contribution in [2.75, 3.05) is 37.7 Å². The highest BCUT2D eigenvalue weighted by Crippen LogP contribution is 2.32. The van der Waals surface area contributed by atoms with Crippen LogP contribution in [0.2, 0.25) is 0 Å². The van der Waals surface area contributed by atoms with E-state index in [-0.39, 0.29) is 5.91 Å². The molecule has 5 rings (SSSR count). The standard InChI is InChI=1S/C31H38N4O3/c36-30(33-22-25-11-9-13-27(21-25)35-18-6-1-7-19-35)24-34-17-5-2-8-20-37-28-14-3-4-15-29(28)38-31-26(23-34)12-10-16-32-31/h3-4,9-16,21H,1-2,5-8,17-20,22-24H2,(H,33,36). The van der Waals surface area contributed by atoms with Gasteiger partial charge in [-0.15, -0.1) is 0 Å². The first-order chi connectivity index (χ1) is 18.7. The SMILES string of the molecule is O=C(CN1CCCCCOc2ccccc2Oc2ncccc2C1)NCc1cccc(N2CCCCC2)c1. The number of rotatable bonds is 5. The quantitative estimate of drug-likeness (QED) is 0.482. The molecule has 0 saturated carbocycles. The van der Waals surface area contributed by atoms with Gasteiger partial charge in [-0.3, -0.25) is 9.69 Å². The maximum absolute atomic E-state index is 13.0. The van der Waals surface area contributed by atoms with E-state index in [1.807, 2.05) is 36.4 Å². The van der Waals surface area contributed by atoms with Crippen molar-refractivity contribution < 1.29 is 14.3 Å². The Labute approximate surface area is 225 Å². The van der Waals surface area contributed by atoms with Crippen LogP contribution in [0.5, 0.6) is 17.4 Å². The summed E-state index contributed by atoms with van der Waals surface area (Å²) < 4.78 is 12.2. The number of benzene rings is 2. The molecule has 1 saturated heterocycles. The molecule has 3 aromatic rings. The fourth-order valence-electron chi connectivity index (χ4n) is 5.12. The Morgan fingerprint density at radius 2 is 1.68 bits per heavy atom. The van der Waals surface area contributed by atoms with E-state index >= 15 is 0 Å². The lowest BCUT2D eigenvalue weighted by Gasteiger charge is -2.29. The number of ether oxygens (including phenoxy) is 2. The van der Waals surface area contributed by atoms with Crippen LogP contribution in [0.3, 0.4) is 0 Å². The minimum Gasteiger partial charge on any atom is -0.490 e. The molecule has 0 unspecified atom stereocenters. The van der Waals surface area contributed by atoms with Crippen LogP contribution in [0.25, 0.3) is 0 Å². The maximum atomic E-state index is 13.0. The highest BCUT2D eigenvalue weighted by atomic mass is 16.5. The number of nitrogens with one attached hydrogen (secondary N) is 1. The zero-order valence-corrected chi connectivity index (χ0v) is 22.1. The second-order valence-corrected chi connectivity index (χ2v) is 10.1. The number of carbonyl (C=O) groups excluding carboxylic acids is 1. The van der Waals surface area contributed by atoms with Gasteiger partial charge >= 0.3 is 0 Å². The van der Waals surface area contributed by atoms with E-state index in [0.29, 0.717) is 37.9 Å². The number of carbonyl (C=O) groups is 1. The topological polar surface area (TPSA) is 66.9 Å². The van der Waals surface area contributed by atoms with Gasteiger partial charge in [-0.2, -0.15) is 0 Å². The average Bonchev–Trinajstić information content (AvgIpc) is 2.97. The van der Waals surface area contributed by atoms with Crippen molar-refractivity contribution in [3.05, 3.63) is 78.0 Å². The van der Waals surface area contributed by atoms with Crippen LogP contribution < -0.4 is 19.7 Å². The summed E-state index contributed by atoms with van der Waals surface area (Å²) in [5.74, 6) is 1.95. The molecule has 2 aliphatic rings. The molecule has 200 valence electrons. The Morgan fingerprint density at radius 3 is 2.58 bits per heavy atom. The zero-order chi connectivity index (χ0) is 26.0. The Bertz CT molecular complexity index is 1200. The molecule has 2 aromatic carbocycles. The number of fused-ring (bicyclic) bond motifs is 2. The van der Waals surface area contributed by atoms with Crippen molar-refractivity contribution in [1.29, 1.82) is 0 Å². The lowest BCUT2D eigenvalue weighted by molar-refractivity contribution is -0.122. The Kier molecular flexibility index (Phi) is 9.11. The molecule has 0 spiro atoms. The normalized spacial score (nSPS) is 16.9. The molecule has 3 heterocycles. The number of nitrogens with zero attached hydrogens (tertiary/aromatic N) is 3. The minimum atomic E-state index is 0.0257. The van der Waals surface area contributed by atoms with Crippen LogP contribution in [0.15, 0.2) is 66.9 Å². The highest BCUT2D eigenvalue weighted by molar-refractivity contribution is 5.78. The Morgan fingerprint density at radius 1 is 0.868 bits per heavy atom. The summed E-state index contributed by atoms with van der Waals surface area (Å²) in [5, 5.41) is 3.14. The third-order valence-corrected chi connectivity index (χ3v) is 7.16. The highest BCUT2D eigenvalue weighted by Gasteiger charge is 2.17. The molecule has 0 bridgehead atoms. The van der Waals surface area contributed by atoms with Gasteiger partial charge in [0.15, 0.2) is 11.5 Å². The summed E-state index contributed by atoms with van der Waals surface area (Å²) in [6, 6.07) is 20.2. The summed E-state index contributed by atoms with van der Waals surface area (Å²) >= 11 is 0. The van der Waals surface area contributed by atoms with Gasteiger partial charge in [0.25, 0.3) is 0 Å². The molecular weight excluding hydrogens is 476 g/mol. The van der Waals surface area contributed by atoms with Gasteiger partial charge in [0.1, 0.15) is 0 Å². The van der Waals surface area contributed by atoms with Crippen LogP contribution in [0.4, 0.5) is 5.69 Å². The second-order valence-electron chi connectivity index (χ2n) is 10.1. The van der Waals surface area contributed by atoms with E-state index in [4.69, 9.17) is 9.47 Å². The number of para-hydroxylation sites is 2. The molecule has 1 fully saturated rings. The first kappa shape index (κ1) is 26.0. The summed E-state index contributed by atoms with van der Waals surface area (Å²) in [6.45, 7) is 5.12. The Hall–Kier alpha value is -3.58. The van der Waals surface area contributed by atoms with Crippen molar-refractivity contribution in [3.8, 4) is 17.4 Å². The molecule has 0 atom stereocenters. The summed E-state index contributed by atoms with van der Waals surface area (Å²) in [5.41, 5.74) is 3.33. The predicted molar refractivity (Wildman–Crippen MR) is 150 cm³/mol. The van der Waals surface area contributed by atoms with Crippen LogP contribution in [-0.4, -0.2) is 48.6 Å². The number of anilines is 1. The van der Waals surface area contributed by atoms with E-state index in [1.165, 1.54) is 24.9 Å². The molecule has 2 aliphatic heterocycles. The molecular formula is C31H38N4O3. The third-order valence-electron chi connectivity index (χ3n) is 7.16. The molecule has 0 aliphatic carbocycles. The van der Waals surface area contributed by atoms with E-state index in [0.717, 1.165) is 55.8 Å².